The summed E-state index contributed by atoms with van der Waals surface area (Å²) in [4.78, 5) is 3.99. The molecule has 0 aliphatic rings. The summed E-state index contributed by atoms with van der Waals surface area (Å²) >= 11 is 1.67. The van der Waals surface area contributed by atoms with Crippen molar-refractivity contribution in [2.24, 2.45) is 0 Å². The number of nitrogens with zero attached hydrogens (tertiary/aromatic N) is 2. The molecule has 0 atom stereocenters. The summed E-state index contributed by atoms with van der Waals surface area (Å²) < 4.78 is 5.17. The van der Waals surface area contributed by atoms with Crippen LogP contribution in [-0.4, -0.2) is 4.98 Å². The van der Waals surface area contributed by atoms with E-state index in [9.17, 15) is 0 Å². The summed E-state index contributed by atoms with van der Waals surface area (Å²) in [6.45, 7) is 0. The van der Waals surface area contributed by atoms with Crippen LogP contribution < -0.4 is 5.73 Å². The molecule has 0 saturated heterocycles. The number of hydrogen-bond acceptors (Lipinski definition) is 5. The van der Waals surface area contributed by atoms with Crippen molar-refractivity contribution in [3.63, 3.8) is 0 Å². The van der Waals surface area contributed by atoms with Gasteiger partial charge in [0.15, 0.2) is 0 Å². The van der Waals surface area contributed by atoms with E-state index in [1.54, 1.807) is 11.8 Å². The molecule has 0 aliphatic heterocycles. The van der Waals surface area contributed by atoms with Gasteiger partial charge in [0, 0.05) is 5.75 Å². The third-order valence-electron chi connectivity index (χ3n) is 2.14. The van der Waals surface area contributed by atoms with E-state index < -0.39 is 0 Å². The second kappa shape index (κ2) is 5.41. The molecule has 0 fully saturated rings. The minimum absolute atomic E-state index is 0.0998. The monoisotopic (exact) mass is 245 g/mol. The number of nitriles is 1. The van der Waals surface area contributed by atoms with Gasteiger partial charge in [-0.2, -0.15) is 10.2 Å². The molecule has 5 heteroatoms. The number of oxazole rings is 1. The molecule has 1 heterocycles. The van der Waals surface area contributed by atoms with Crippen molar-refractivity contribution in [3.05, 3.63) is 47.5 Å². The Morgan fingerprint density at radius 2 is 2.06 bits per heavy atom. The van der Waals surface area contributed by atoms with Crippen LogP contribution in [0.4, 0.5) is 5.88 Å². The molecular formula is C12H11N3OS. The lowest BCUT2D eigenvalue weighted by Gasteiger charge is -1.98. The molecule has 0 aliphatic carbocycles. The van der Waals surface area contributed by atoms with Crippen molar-refractivity contribution in [2.45, 2.75) is 11.5 Å². The van der Waals surface area contributed by atoms with Crippen molar-refractivity contribution >= 4 is 17.6 Å². The van der Waals surface area contributed by atoms with Gasteiger partial charge >= 0.3 is 0 Å². The molecule has 4 nitrogen and oxygen atoms in total. The SMILES string of the molecule is N#Cc1nc(CSCc2ccccc2)oc1N. The fourth-order valence-corrected chi connectivity index (χ4v) is 2.18. The summed E-state index contributed by atoms with van der Waals surface area (Å²) in [5.74, 6) is 2.09. The van der Waals surface area contributed by atoms with Gasteiger partial charge in [0.25, 0.3) is 0 Å². The van der Waals surface area contributed by atoms with Gasteiger partial charge in [0.05, 0.1) is 5.75 Å². The van der Waals surface area contributed by atoms with Crippen molar-refractivity contribution < 1.29 is 4.42 Å². The molecule has 0 saturated carbocycles. The van der Waals surface area contributed by atoms with Crippen molar-refractivity contribution in [3.8, 4) is 6.07 Å². The van der Waals surface area contributed by atoms with Gasteiger partial charge in [0.2, 0.25) is 17.5 Å². The molecule has 2 N–H and O–H groups in total. The Morgan fingerprint density at radius 3 is 2.71 bits per heavy atom. The predicted molar refractivity (Wildman–Crippen MR) is 67.1 cm³/mol. The van der Waals surface area contributed by atoms with E-state index in [0.717, 1.165) is 5.75 Å². The Hall–Kier alpha value is -1.93. The highest BCUT2D eigenvalue weighted by molar-refractivity contribution is 7.97. The van der Waals surface area contributed by atoms with E-state index in [-0.39, 0.29) is 11.6 Å². The standard InChI is InChI=1S/C12H11N3OS/c13-6-10-12(14)16-11(15-10)8-17-7-9-4-2-1-3-5-9/h1-5H,7-8,14H2. The second-order valence-electron chi connectivity index (χ2n) is 3.41. The van der Waals surface area contributed by atoms with Gasteiger partial charge in [-0.3, -0.25) is 0 Å². The first-order chi connectivity index (χ1) is 8.29. The maximum Gasteiger partial charge on any atom is 0.229 e. The topological polar surface area (TPSA) is 75.8 Å². The van der Waals surface area contributed by atoms with Crippen LogP contribution in [0.1, 0.15) is 17.1 Å². The Kier molecular flexibility index (Phi) is 3.68. The first-order valence-electron chi connectivity index (χ1n) is 5.06. The van der Waals surface area contributed by atoms with Crippen LogP contribution in [0.5, 0.6) is 0 Å². The zero-order chi connectivity index (χ0) is 12.1. The van der Waals surface area contributed by atoms with Gasteiger partial charge < -0.3 is 10.2 Å². The van der Waals surface area contributed by atoms with Crippen LogP contribution in [0.15, 0.2) is 34.7 Å². The molecule has 0 spiro atoms. The van der Waals surface area contributed by atoms with Crippen LogP contribution in [-0.2, 0) is 11.5 Å². The van der Waals surface area contributed by atoms with Crippen LogP contribution >= 0.6 is 11.8 Å². The predicted octanol–water partition coefficient (Wildman–Crippen LogP) is 2.56. The lowest BCUT2D eigenvalue weighted by atomic mass is 10.2. The Morgan fingerprint density at radius 1 is 1.29 bits per heavy atom. The molecule has 0 unspecified atom stereocenters. The normalized spacial score (nSPS) is 10.1. The molecule has 1 aromatic carbocycles. The molecule has 0 bridgehead atoms. The summed E-state index contributed by atoms with van der Waals surface area (Å²) in [6, 6.07) is 12.0. The number of thioether (sulfide) groups is 1. The van der Waals surface area contributed by atoms with Crippen LogP contribution in [0.2, 0.25) is 0 Å². The van der Waals surface area contributed by atoms with Gasteiger partial charge in [-0.1, -0.05) is 30.3 Å². The molecule has 0 radical (unpaired) electrons. The lowest BCUT2D eigenvalue weighted by Crippen LogP contribution is -1.84. The van der Waals surface area contributed by atoms with Crippen molar-refractivity contribution in [1.82, 2.24) is 4.98 Å². The van der Waals surface area contributed by atoms with Crippen molar-refractivity contribution in [1.29, 1.82) is 5.26 Å². The molecular weight excluding hydrogens is 234 g/mol. The zero-order valence-corrected chi connectivity index (χ0v) is 9.91. The number of aromatic nitrogens is 1. The third-order valence-corrected chi connectivity index (χ3v) is 3.13. The summed E-state index contributed by atoms with van der Waals surface area (Å²) in [5.41, 5.74) is 6.89. The first kappa shape index (κ1) is 11.6. The Balaban J connectivity index is 1.88. The average Bonchev–Trinajstić information content (AvgIpc) is 2.71. The summed E-state index contributed by atoms with van der Waals surface area (Å²) in [7, 11) is 0. The highest BCUT2D eigenvalue weighted by Gasteiger charge is 2.09. The first-order valence-corrected chi connectivity index (χ1v) is 6.22. The number of nitrogen functional groups attached to an aromatic ring is 1. The fraction of sp³-hybridized carbons (Fsp3) is 0.167. The maximum absolute atomic E-state index is 8.68. The molecule has 2 rings (SSSR count). The number of anilines is 1. The van der Waals surface area contributed by atoms with E-state index in [1.165, 1.54) is 5.56 Å². The zero-order valence-electron chi connectivity index (χ0n) is 9.09. The number of hydrogen-bond donors (Lipinski definition) is 1. The highest BCUT2D eigenvalue weighted by Crippen LogP contribution is 2.20. The van der Waals surface area contributed by atoms with E-state index in [0.29, 0.717) is 11.6 Å². The van der Waals surface area contributed by atoms with Gasteiger partial charge in [-0.15, -0.1) is 11.8 Å². The summed E-state index contributed by atoms with van der Waals surface area (Å²) in [5, 5.41) is 8.68. The Labute approximate surface area is 103 Å². The fourth-order valence-electron chi connectivity index (χ4n) is 1.35. The Bertz CT molecular complexity index is 530. The van der Waals surface area contributed by atoms with E-state index in [2.05, 4.69) is 17.1 Å². The largest absolute Gasteiger partial charge is 0.423 e. The summed E-state index contributed by atoms with van der Waals surface area (Å²) in [6.07, 6.45) is 0. The van der Waals surface area contributed by atoms with Crippen LogP contribution in [0, 0.1) is 11.3 Å². The average molecular weight is 245 g/mol. The van der Waals surface area contributed by atoms with Gasteiger partial charge in [-0.05, 0) is 5.56 Å². The molecule has 86 valence electrons. The lowest BCUT2D eigenvalue weighted by molar-refractivity contribution is 0.534. The van der Waals surface area contributed by atoms with E-state index in [4.69, 9.17) is 15.4 Å². The number of nitrogens with two attached hydrogens (primary N) is 1. The van der Waals surface area contributed by atoms with Gasteiger partial charge in [-0.25, -0.2) is 0 Å². The minimum atomic E-state index is 0.0998. The minimum Gasteiger partial charge on any atom is -0.423 e. The number of rotatable bonds is 4. The molecule has 1 aromatic heterocycles. The van der Waals surface area contributed by atoms with E-state index in [1.807, 2.05) is 24.3 Å². The van der Waals surface area contributed by atoms with Crippen molar-refractivity contribution in [2.75, 3.05) is 5.73 Å². The van der Waals surface area contributed by atoms with Crippen LogP contribution in [0.25, 0.3) is 0 Å². The smallest absolute Gasteiger partial charge is 0.229 e. The quantitative estimate of drug-likeness (QED) is 0.895. The van der Waals surface area contributed by atoms with Crippen LogP contribution in [0.3, 0.4) is 0 Å². The molecule has 2 aromatic rings. The number of benzene rings is 1. The third kappa shape index (κ3) is 3.02. The maximum atomic E-state index is 8.68. The molecule has 17 heavy (non-hydrogen) atoms. The molecule has 0 amide bonds. The second-order valence-corrected chi connectivity index (χ2v) is 4.40. The van der Waals surface area contributed by atoms with Gasteiger partial charge in [0.1, 0.15) is 6.07 Å². The van der Waals surface area contributed by atoms with E-state index >= 15 is 0 Å². The highest BCUT2D eigenvalue weighted by atomic mass is 32.2.